The first-order valence-corrected chi connectivity index (χ1v) is 10.7. The monoisotopic (exact) mass is 428 g/mol. The normalized spacial score (nSPS) is 13.1. The van der Waals surface area contributed by atoms with Gasteiger partial charge in [0.15, 0.2) is 11.5 Å². The third kappa shape index (κ3) is 3.92. The zero-order chi connectivity index (χ0) is 22.6. The predicted octanol–water partition coefficient (Wildman–Crippen LogP) is 6.34. The van der Waals surface area contributed by atoms with Gasteiger partial charge in [0.1, 0.15) is 0 Å². The summed E-state index contributed by atoms with van der Waals surface area (Å²) >= 11 is 0. The van der Waals surface area contributed by atoms with E-state index in [-0.39, 0.29) is 22.7 Å². The van der Waals surface area contributed by atoms with Crippen molar-refractivity contribution in [2.45, 2.75) is 0 Å². The number of ether oxygens (including phenoxy) is 1. The fourth-order valence-corrected chi connectivity index (χ4v) is 4.05. The molecule has 0 saturated carbocycles. The number of rotatable bonds is 5. The van der Waals surface area contributed by atoms with Crippen LogP contribution in [-0.2, 0) is 9.53 Å². The van der Waals surface area contributed by atoms with Crippen molar-refractivity contribution in [3.05, 3.63) is 155 Å². The maximum atomic E-state index is 13.8. The van der Waals surface area contributed by atoms with Crippen LogP contribution in [0.5, 0.6) is 0 Å². The second kappa shape index (κ2) is 8.93. The summed E-state index contributed by atoms with van der Waals surface area (Å²) in [4.78, 5) is 27.2. The lowest BCUT2D eigenvalue weighted by Crippen LogP contribution is -2.10. The summed E-state index contributed by atoms with van der Waals surface area (Å²) in [5.41, 5.74) is 4.08. The summed E-state index contributed by atoms with van der Waals surface area (Å²) in [7, 11) is 0. The molecule has 0 radical (unpaired) electrons. The number of ketones is 1. The second-order valence-electron chi connectivity index (χ2n) is 7.64. The first-order chi connectivity index (χ1) is 16.2. The molecule has 4 aromatic rings. The van der Waals surface area contributed by atoms with Crippen LogP contribution in [-0.4, -0.2) is 11.8 Å². The molecule has 3 heteroatoms. The van der Waals surface area contributed by atoms with Gasteiger partial charge in [0.25, 0.3) is 0 Å². The van der Waals surface area contributed by atoms with Gasteiger partial charge in [0.2, 0.25) is 0 Å². The number of carbonyl (C=O) groups is 2. The van der Waals surface area contributed by atoms with E-state index >= 15 is 0 Å². The first kappa shape index (κ1) is 20.4. The minimum atomic E-state index is -0.532. The molecule has 0 fully saturated rings. The lowest BCUT2D eigenvalue weighted by Gasteiger charge is -2.13. The van der Waals surface area contributed by atoms with E-state index in [0.29, 0.717) is 16.7 Å². The van der Waals surface area contributed by atoms with Crippen LogP contribution in [0.3, 0.4) is 0 Å². The van der Waals surface area contributed by atoms with Gasteiger partial charge in [-0.1, -0.05) is 121 Å². The zero-order valence-electron chi connectivity index (χ0n) is 17.8. The summed E-state index contributed by atoms with van der Waals surface area (Å²) in [6.07, 6.45) is 0. The number of hydrogen-bond acceptors (Lipinski definition) is 3. The minimum absolute atomic E-state index is 0.250. The Morgan fingerprint density at radius 2 is 0.970 bits per heavy atom. The number of benzene rings is 4. The van der Waals surface area contributed by atoms with E-state index < -0.39 is 5.97 Å². The number of Topliss-reactive ketones (excluding diaryl/α,β-unsaturated/α-hetero) is 1. The fraction of sp³-hybridized carbons (Fsp3) is 0. The van der Waals surface area contributed by atoms with E-state index in [9.17, 15) is 9.59 Å². The highest BCUT2D eigenvalue weighted by Crippen LogP contribution is 2.41. The van der Waals surface area contributed by atoms with Crippen molar-refractivity contribution in [1.82, 2.24) is 0 Å². The van der Waals surface area contributed by atoms with Crippen LogP contribution in [0, 0.1) is 0 Å². The lowest BCUT2D eigenvalue weighted by molar-refractivity contribution is -0.130. The molecule has 0 saturated heterocycles. The van der Waals surface area contributed by atoms with Gasteiger partial charge < -0.3 is 4.74 Å². The van der Waals surface area contributed by atoms with Crippen molar-refractivity contribution >= 4 is 23.1 Å². The van der Waals surface area contributed by atoms with Gasteiger partial charge in [-0.05, 0) is 11.1 Å². The summed E-state index contributed by atoms with van der Waals surface area (Å²) in [5.74, 6) is -0.496. The predicted molar refractivity (Wildman–Crippen MR) is 129 cm³/mol. The summed E-state index contributed by atoms with van der Waals surface area (Å²) in [5, 5.41) is 0. The van der Waals surface area contributed by atoms with Crippen LogP contribution < -0.4 is 0 Å². The van der Waals surface area contributed by atoms with Gasteiger partial charge in [0, 0.05) is 16.7 Å². The van der Waals surface area contributed by atoms with E-state index in [1.54, 1.807) is 12.1 Å². The van der Waals surface area contributed by atoms with Crippen molar-refractivity contribution < 1.29 is 14.3 Å². The van der Waals surface area contributed by atoms with Crippen molar-refractivity contribution in [3.63, 3.8) is 0 Å². The molecular weight excluding hydrogens is 408 g/mol. The number of carbonyl (C=O) groups excluding carboxylic acids is 2. The summed E-state index contributed by atoms with van der Waals surface area (Å²) in [6.45, 7) is 0. The minimum Gasteiger partial charge on any atom is -0.421 e. The summed E-state index contributed by atoms with van der Waals surface area (Å²) < 4.78 is 5.80. The fourth-order valence-electron chi connectivity index (χ4n) is 4.05. The molecule has 0 bridgehead atoms. The van der Waals surface area contributed by atoms with Gasteiger partial charge in [0.05, 0.1) is 11.1 Å². The molecule has 0 N–H and O–H groups in total. The largest absolute Gasteiger partial charge is 0.421 e. The van der Waals surface area contributed by atoms with E-state index in [0.717, 1.165) is 11.1 Å². The topological polar surface area (TPSA) is 43.4 Å². The maximum Gasteiger partial charge on any atom is 0.345 e. The van der Waals surface area contributed by atoms with Crippen molar-refractivity contribution in [3.8, 4) is 0 Å². The number of cyclic esters (lactones) is 1. The first-order valence-electron chi connectivity index (χ1n) is 10.7. The molecule has 1 aliphatic rings. The Bertz CT molecular complexity index is 1330. The third-order valence-corrected chi connectivity index (χ3v) is 5.55. The van der Waals surface area contributed by atoms with Crippen LogP contribution >= 0.6 is 0 Å². The molecule has 1 aliphatic heterocycles. The van der Waals surface area contributed by atoms with Crippen LogP contribution in [0.25, 0.3) is 11.3 Å². The molecule has 3 nitrogen and oxygen atoms in total. The molecule has 0 spiro atoms. The van der Waals surface area contributed by atoms with Gasteiger partial charge in [-0.15, -0.1) is 0 Å². The molecule has 158 valence electrons. The van der Waals surface area contributed by atoms with Crippen LogP contribution in [0.2, 0.25) is 0 Å². The Balaban J connectivity index is 1.85. The number of hydrogen-bond donors (Lipinski definition) is 0. The third-order valence-electron chi connectivity index (χ3n) is 5.55. The van der Waals surface area contributed by atoms with Crippen LogP contribution in [0.15, 0.2) is 132 Å². The smallest absolute Gasteiger partial charge is 0.345 e. The molecule has 0 unspecified atom stereocenters. The highest BCUT2D eigenvalue weighted by Gasteiger charge is 2.38. The zero-order valence-corrected chi connectivity index (χ0v) is 17.8. The molecule has 33 heavy (non-hydrogen) atoms. The highest BCUT2D eigenvalue weighted by molar-refractivity contribution is 6.27. The molecule has 4 aromatic carbocycles. The van der Waals surface area contributed by atoms with E-state index in [1.807, 2.05) is 109 Å². The van der Waals surface area contributed by atoms with Crippen molar-refractivity contribution in [2.75, 3.05) is 0 Å². The SMILES string of the molecule is O=C1OC(c2ccccc2)=C(C(=O)c2ccccc2)C1=C(c1ccccc1)c1ccccc1. The van der Waals surface area contributed by atoms with E-state index in [1.165, 1.54) is 0 Å². The molecule has 0 atom stereocenters. The Hall–Kier alpha value is -4.50. The van der Waals surface area contributed by atoms with Crippen molar-refractivity contribution in [2.24, 2.45) is 0 Å². The van der Waals surface area contributed by atoms with Crippen molar-refractivity contribution in [1.29, 1.82) is 0 Å². The van der Waals surface area contributed by atoms with Gasteiger partial charge in [-0.3, -0.25) is 4.79 Å². The van der Waals surface area contributed by atoms with Crippen LogP contribution in [0.1, 0.15) is 27.0 Å². The van der Waals surface area contributed by atoms with Gasteiger partial charge in [-0.2, -0.15) is 0 Å². The second-order valence-corrected chi connectivity index (χ2v) is 7.64. The average Bonchev–Trinajstić information content (AvgIpc) is 3.23. The highest BCUT2D eigenvalue weighted by atomic mass is 16.5. The Morgan fingerprint density at radius 1 is 0.545 bits per heavy atom. The van der Waals surface area contributed by atoms with E-state index in [2.05, 4.69) is 0 Å². The lowest BCUT2D eigenvalue weighted by atomic mass is 9.86. The van der Waals surface area contributed by atoms with Crippen LogP contribution in [0.4, 0.5) is 0 Å². The average molecular weight is 428 g/mol. The molecule has 1 heterocycles. The summed E-state index contributed by atoms with van der Waals surface area (Å²) in [6, 6.07) is 37.5. The quantitative estimate of drug-likeness (QED) is 0.212. The standard InChI is InChI=1S/C30H20O3/c31-28(23-17-9-3-10-18-23)27-26(30(32)33-29(27)24-19-11-4-12-20-24)25(21-13-5-1-6-14-21)22-15-7-2-8-16-22/h1-20H. The maximum absolute atomic E-state index is 13.8. The van der Waals surface area contributed by atoms with E-state index in [4.69, 9.17) is 4.74 Å². The number of esters is 1. The Kier molecular flexibility index (Phi) is 5.52. The molecule has 0 aromatic heterocycles. The Morgan fingerprint density at radius 3 is 1.45 bits per heavy atom. The molecule has 0 amide bonds. The molecule has 5 rings (SSSR count). The molecule has 0 aliphatic carbocycles. The van der Waals surface area contributed by atoms with Gasteiger partial charge in [-0.25, -0.2) is 4.79 Å². The molecular formula is C30H20O3. The van der Waals surface area contributed by atoms with Gasteiger partial charge >= 0.3 is 5.97 Å². The Labute approximate surface area is 192 Å².